The molecule has 1 amide bonds. The number of aliphatic hydroxyl groups excluding tert-OH is 1. The number of hydrogen-bond donors (Lipinski definition) is 1. The van der Waals surface area contributed by atoms with Gasteiger partial charge in [-0.2, -0.15) is 0 Å². The molecule has 2 heterocycles. The Balaban J connectivity index is 1.70. The molecular formula is C16H18N2O3. The first-order valence-corrected chi connectivity index (χ1v) is 7.19. The van der Waals surface area contributed by atoms with Crippen molar-refractivity contribution in [2.24, 2.45) is 5.92 Å². The Morgan fingerprint density at radius 2 is 2.00 bits per heavy atom. The molecular weight excluding hydrogens is 268 g/mol. The van der Waals surface area contributed by atoms with Crippen LogP contribution >= 0.6 is 0 Å². The summed E-state index contributed by atoms with van der Waals surface area (Å²) in [6.07, 6.45) is 3.10. The minimum Gasteiger partial charge on any atom is -0.444 e. The van der Waals surface area contributed by atoms with Crippen LogP contribution in [0, 0.1) is 5.92 Å². The summed E-state index contributed by atoms with van der Waals surface area (Å²) < 4.78 is 5.41. The maximum absolute atomic E-state index is 12.4. The molecule has 0 saturated carbocycles. The van der Waals surface area contributed by atoms with Gasteiger partial charge in [0.2, 0.25) is 5.89 Å². The van der Waals surface area contributed by atoms with Crippen molar-refractivity contribution in [1.82, 2.24) is 9.88 Å². The lowest BCUT2D eigenvalue weighted by molar-refractivity contribution is 0.0645. The molecule has 1 aromatic carbocycles. The van der Waals surface area contributed by atoms with Crippen molar-refractivity contribution >= 4 is 5.91 Å². The molecule has 1 N–H and O–H groups in total. The van der Waals surface area contributed by atoms with Crippen LogP contribution in [0.4, 0.5) is 0 Å². The Morgan fingerprint density at radius 3 is 2.67 bits per heavy atom. The largest absolute Gasteiger partial charge is 0.444 e. The lowest BCUT2D eigenvalue weighted by Crippen LogP contribution is -2.39. The van der Waals surface area contributed by atoms with Gasteiger partial charge in [-0.25, -0.2) is 4.98 Å². The highest BCUT2D eigenvalue weighted by molar-refractivity contribution is 5.92. The maximum atomic E-state index is 12.4. The minimum atomic E-state index is -0.0997. The fourth-order valence-electron chi connectivity index (χ4n) is 2.57. The van der Waals surface area contributed by atoms with Crippen LogP contribution in [0.2, 0.25) is 0 Å². The second kappa shape index (κ2) is 6.10. The summed E-state index contributed by atoms with van der Waals surface area (Å²) in [4.78, 5) is 18.4. The number of carbonyl (C=O) groups is 1. The summed E-state index contributed by atoms with van der Waals surface area (Å²) in [5.74, 6) is 0.674. The number of aliphatic hydroxyl groups is 1. The molecule has 3 rings (SSSR count). The van der Waals surface area contributed by atoms with Crippen LogP contribution in [0.3, 0.4) is 0 Å². The van der Waals surface area contributed by atoms with Crippen molar-refractivity contribution in [2.75, 3.05) is 19.7 Å². The Hall–Kier alpha value is -2.14. The quantitative estimate of drug-likeness (QED) is 0.939. The minimum absolute atomic E-state index is 0.0997. The summed E-state index contributed by atoms with van der Waals surface area (Å²) in [6.45, 7) is 1.53. The van der Waals surface area contributed by atoms with Crippen molar-refractivity contribution < 1.29 is 14.3 Å². The first-order valence-electron chi connectivity index (χ1n) is 7.19. The van der Waals surface area contributed by atoms with E-state index in [9.17, 15) is 4.79 Å². The molecule has 0 unspecified atom stereocenters. The summed E-state index contributed by atoms with van der Waals surface area (Å²) in [5, 5.41) is 9.13. The highest BCUT2D eigenvalue weighted by Crippen LogP contribution is 2.21. The molecule has 1 fully saturated rings. The van der Waals surface area contributed by atoms with E-state index in [4.69, 9.17) is 9.52 Å². The van der Waals surface area contributed by atoms with Crippen LogP contribution in [0.25, 0.3) is 11.5 Å². The number of aromatic nitrogens is 1. The fourth-order valence-corrected chi connectivity index (χ4v) is 2.57. The molecule has 2 aromatic rings. The van der Waals surface area contributed by atoms with Crippen LogP contribution in [-0.4, -0.2) is 40.6 Å². The second-order valence-corrected chi connectivity index (χ2v) is 5.32. The standard InChI is InChI=1S/C16H18N2O3/c19-10-12-6-8-18(9-7-12)16(20)14-11-21-15(17-14)13-4-2-1-3-5-13/h1-5,11-12,19H,6-10H2. The SMILES string of the molecule is O=C(c1coc(-c2ccccc2)n1)N1CCC(CO)CC1. The fraction of sp³-hybridized carbons (Fsp3) is 0.375. The number of carbonyl (C=O) groups excluding carboxylic acids is 1. The third kappa shape index (κ3) is 2.97. The van der Waals surface area contributed by atoms with Crippen LogP contribution in [0.15, 0.2) is 41.0 Å². The summed E-state index contributed by atoms with van der Waals surface area (Å²) in [7, 11) is 0. The molecule has 1 aliphatic heterocycles. The van der Waals surface area contributed by atoms with Gasteiger partial charge in [-0.1, -0.05) is 18.2 Å². The number of oxazole rings is 1. The molecule has 5 heteroatoms. The predicted octanol–water partition coefficient (Wildman–Crippen LogP) is 2.19. The van der Waals surface area contributed by atoms with Crippen molar-refractivity contribution in [2.45, 2.75) is 12.8 Å². The molecule has 5 nitrogen and oxygen atoms in total. The van der Waals surface area contributed by atoms with Gasteiger partial charge in [0.1, 0.15) is 6.26 Å². The number of rotatable bonds is 3. The van der Waals surface area contributed by atoms with Gasteiger partial charge in [-0.15, -0.1) is 0 Å². The van der Waals surface area contributed by atoms with Gasteiger partial charge in [0.25, 0.3) is 5.91 Å². The zero-order valence-corrected chi connectivity index (χ0v) is 11.7. The van der Waals surface area contributed by atoms with E-state index >= 15 is 0 Å². The van der Waals surface area contributed by atoms with E-state index in [1.165, 1.54) is 6.26 Å². The number of likely N-dealkylation sites (tertiary alicyclic amines) is 1. The van der Waals surface area contributed by atoms with Gasteiger partial charge >= 0.3 is 0 Å². The Labute approximate surface area is 123 Å². The van der Waals surface area contributed by atoms with Gasteiger partial charge in [-0.05, 0) is 30.9 Å². The van der Waals surface area contributed by atoms with E-state index in [0.717, 1.165) is 18.4 Å². The van der Waals surface area contributed by atoms with Gasteiger partial charge in [0.05, 0.1) is 0 Å². The summed E-state index contributed by atoms with van der Waals surface area (Å²) >= 11 is 0. The van der Waals surface area contributed by atoms with E-state index in [-0.39, 0.29) is 12.5 Å². The molecule has 1 saturated heterocycles. The smallest absolute Gasteiger partial charge is 0.275 e. The molecule has 0 spiro atoms. The highest BCUT2D eigenvalue weighted by Gasteiger charge is 2.25. The lowest BCUT2D eigenvalue weighted by Gasteiger charge is -2.30. The monoisotopic (exact) mass is 286 g/mol. The zero-order chi connectivity index (χ0) is 14.7. The molecule has 1 aliphatic rings. The molecule has 21 heavy (non-hydrogen) atoms. The van der Waals surface area contributed by atoms with Crippen LogP contribution in [0.1, 0.15) is 23.3 Å². The summed E-state index contributed by atoms with van der Waals surface area (Å²) in [5.41, 5.74) is 1.20. The lowest BCUT2D eigenvalue weighted by atomic mass is 9.98. The first-order chi connectivity index (χ1) is 10.3. The first kappa shape index (κ1) is 13.8. The van der Waals surface area contributed by atoms with Gasteiger partial charge < -0.3 is 14.4 Å². The average Bonchev–Trinajstić information content (AvgIpc) is 3.05. The third-order valence-corrected chi connectivity index (χ3v) is 3.90. The molecule has 0 atom stereocenters. The topological polar surface area (TPSA) is 66.6 Å². The molecule has 0 bridgehead atoms. The maximum Gasteiger partial charge on any atom is 0.275 e. The zero-order valence-electron chi connectivity index (χ0n) is 11.7. The van der Waals surface area contributed by atoms with Crippen LogP contribution in [0.5, 0.6) is 0 Å². The molecule has 110 valence electrons. The van der Waals surface area contributed by atoms with Gasteiger partial charge in [-0.3, -0.25) is 4.79 Å². The number of piperidine rings is 1. The van der Waals surface area contributed by atoms with E-state index in [2.05, 4.69) is 4.98 Å². The normalized spacial score (nSPS) is 16.1. The van der Waals surface area contributed by atoms with Gasteiger partial charge in [0, 0.05) is 25.3 Å². The van der Waals surface area contributed by atoms with Crippen molar-refractivity contribution in [3.05, 3.63) is 42.3 Å². The van der Waals surface area contributed by atoms with Crippen molar-refractivity contribution in [3.8, 4) is 11.5 Å². The van der Waals surface area contributed by atoms with Crippen molar-refractivity contribution in [3.63, 3.8) is 0 Å². The van der Waals surface area contributed by atoms with Crippen LogP contribution < -0.4 is 0 Å². The van der Waals surface area contributed by atoms with E-state index in [1.54, 1.807) is 4.90 Å². The number of benzene rings is 1. The molecule has 0 aliphatic carbocycles. The Bertz CT molecular complexity index is 601. The van der Waals surface area contributed by atoms with Gasteiger partial charge in [0.15, 0.2) is 5.69 Å². The number of hydrogen-bond acceptors (Lipinski definition) is 4. The number of amides is 1. The predicted molar refractivity (Wildman–Crippen MR) is 77.7 cm³/mol. The third-order valence-electron chi connectivity index (χ3n) is 3.90. The summed E-state index contributed by atoms with van der Waals surface area (Å²) in [6, 6.07) is 9.52. The van der Waals surface area contributed by atoms with E-state index in [1.807, 2.05) is 30.3 Å². The van der Waals surface area contributed by atoms with E-state index in [0.29, 0.717) is 30.6 Å². The Kier molecular flexibility index (Phi) is 4.01. The number of nitrogens with zero attached hydrogens (tertiary/aromatic N) is 2. The van der Waals surface area contributed by atoms with Crippen molar-refractivity contribution in [1.29, 1.82) is 0 Å². The second-order valence-electron chi connectivity index (χ2n) is 5.32. The molecule has 1 aromatic heterocycles. The average molecular weight is 286 g/mol. The highest BCUT2D eigenvalue weighted by atomic mass is 16.3. The Morgan fingerprint density at radius 1 is 1.29 bits per heavy atom. The molecule has 0 radical (unpaired) electrons. The van der Waals surface area contributed by atoms with E-state index < -0.39 is 0 Å². The van der Waals surface area contributed by atoms with Crippen LogP contribution in [-0.2, 0) is 0 Å².